The van der Waals surface area contributed by atoms with Crippen molar-refractivity contribution in [3.63, 3.8) is 0 Å². The van der Waals surface area contributed by atoms with Crippen LogP contribution in [0.5, 0.6) is 0 Å². The molecule has 3 aromatic rings. The fourth-order valence-electron chi connectivity index (χ4n) is 2.63. The van der Waals surface area contributed by atoms with E-state index in [0.29, 0.717) is 18.7 Å². The number of carbonyl (C=O) groups excluding carboxylic acids is 1. The molecule has 0 spiro atoms. The second-order valence-corrected chi connectivity index (χ2v) is 6.61. The first kappa shape index (κ1) is 18.7. The number of amides is 1. The van der Waals surface area contributed by atoms with E-state index < -0.39 is 0 Å². The van der Waals surface area contributed by atoms with Crippen LogP contribution in [-0.4, -0.2) is 32.2 Å². The van der Waals surface area contributed by atoms with Gasteiger partial charge in [0.05, 0.1) is 18.4 Å². The zero-order chi connectivity index (χ0) is 19.2. The molecule has 7 nitrogen and oxygen atoms in total. The van der Waals surface area contributed by atoms with Crippen molar-refractivity contribution in [1.29, 1.82) is 0 Å². The molecular formula is C20H23N5O2. The molecule has 0 radical (unpaired) electrons. The summed E-state index contributed by atoms with van der Waals surface area (Å²) in [6.45, 7) is 7.02. The summed E-state index contributed by atoms with van der Waals surface area (Å²) in [5, 5.41) is 14.1. The molecule has 0 unspecified atom stereocenters. The Kier molecular flexibility index (Phi) is 5.93. The molecule has 7 heteroatoms. The van der Waals surface area contributed by atoms with Gasteiger partial charge in [0.25, 0.3) is 5.91 Å². The number of hydrogen-bond acceptors (Lipinski definition) is 5. The minimum atomic E-state index is -0.117. The molecule has 27 heavy (non-hydrogen) atoms. The average molecular weight is 365 g/mol. The first-order valence-corrected chi connectivity index (χ1v) is 8.84. The number of nitrogens with one attached hydrogen (secondary N) is 1. The number of aryl methyl sites for hydroxylation is 1. The zero-order valence-electron chi connectivity index (χ0n) is 15.7. The minimum absolute atomic E-state index is 0.117. The maximum Gasteiger partial charge on any atom is 0.251 e. The SMILES string of the molecule is Cc1cc(C(=O)NCc2ccc(COC(C)C)cc2)ccc1-n1cnnn1. The Bertz CT molecular complexity index is 889. The lowest BCUT2D eigenvalue weighted by molar-refractivity contribution is 0.0657. The van der Waals surface area contributed by atoms with Gasteiger partial charge in [-0.3, -0.25) is 4.79 Å². The maximum absolute atomic E-state index is 12.4. The van der Waals surface area contributed by atoms with E-state index in [4.69, 9.17) is 4.74 Å². The van der Waals surface area contributed by atoms with E-state index in [1.165, 1.54) is 6.33 Å². The number of hydrogen-bond donors (Lipinski definition) is 1. The predicted octanol–water partition coefficient (Wildman–Crippen LogP) is 2.83. The van der Waals surface area contributed by atoms with Gasteiger partial charge < -0.3 is 10.1 Å². The summed E-state index contributed by atoms with van der Waals surface area (Å²) >= 11 is 0. The number of carbonyl (C=O) groups is 1. The number of benzene rings is 2. The molecule has 0 atom stereocenters. The number of ether oxygens (including phenoxy) is 1. The van der Waals surface area contributed by atoms with Crippen LogP contribution < -0.4 is 5.32 Å². The highest BCUT2D eigenvalue weighted by Gasteiger charge is 2.09. The molecule has 0 aliphatic rings. The van der Waals surface area contributed by atoms with Gasteiger partial charge in [-0.15, -0.1) is 5.10 Å². The Balaban J connectivity index is 1.58. The summed E-state index contributed by atoms with van der Waals surface area (Å²) in [6.07, 6.45) is 1.73. The zero-order valence-corrected chi connectivity index (χ0v) is 15.7. The largest absolute Gasteiger partial charge is 0.374 e. The average Bonchev–Trinajstić information content (AvgIpc) is 3.19. The van der Waals surface area contributed by atoms with Gasteiger partial charge in [-0.2, -0.15) is 0 Å². The third-order valence-electron chi connectivity index (χ3n) is 4.11. The summed E-state index contributed by atoms with van der Waals surface area (Å²) in [4.78, 5) is 12.4. The van der Waals surface area contributed by atoms with Crippen LogP contribution in [0.15, 0.2) is 48.8 Å². The van der Waals surface area contributed by atoms with Crippen molar-refractivity contribution < 1.29 is 9.53 Å². The molecule has 1 amide bonds. The van der Waals surface area contributed by atoms with Crippen LogP contribution in [0, 0.1) is 6.92 Å². The van der Waals surface area contributed by atoms with Gasteiger partial charge in [-0.1, -0.05) is 24.3 Å². The molecule has 1 N–H and O–H groups in total. The second kappa shape index (κ2) is 8.55. The lowest BCUT2D eigenvalue weighted by Crippen LogP contribution is -2.23. The Labute approximate surface area is 158 Å². The van der Waals surface area contributed by atoms with Crippen molar-refractivity contribution in [3.8, 4) is 5.69 Å². The summed E-state index contributed by atoms with van der Waals surface area (Å²) in [5.41, 5.74) is 4.53. The van der Waals surface area contributed by atoms with E-state index in [1.54, 1.807) is 10.7 Å². The minimum Gasteiger partial charge on any atom is -0.374 e. The van der Waals surface area contributed by atoms with E-state index in [-0.39, 0.29) is 12.0 Å². The van der Waals surface area contributed by atoms with Crippen LogP contribution in [0.1, 0.15) is 40.9 Å². The quantitative estimate of drug-likeness (QED) is 0.696. The molecule has 0 saturated heterocycles. The van der Waals surface area contributed by atoms with Crippen LogP contribution in [0.2, 0.25) is 0 Å². The third-order valence-corrected chi connectivity index (χ3v) is 4.11. The highest BCUT2D eigenvalue weighted by Crippen LogP contribution is 2.15. The highest BCUT2D eigenvalue weighted by molar-refractivity contribution is 5.94. The first-order valence-electron chi connectivity index (χ1n) is 8.84. The number of rotatable bonds is 7. The van der Waals surface area contributed by atoms with Gasteiger partial charge in [-0.05, 0) is 66.1 Å². The standard InChI is InChI=1S/C20H23N5O2/c1-14(2)27-12-17-6-4-16(5-7-17)11-21-20(26)18-8-9-19(15(3)10-18)25-13-22-23-24-25/h4-10,13-14H,11-12H2,1-3H3,(H,21,26). The summed E-state index contributed by atoms with van der Waals surface area (Å²) < 4.78 is 7.16. The molecule has 1 heterocycles. The molecule has 3 rings (SSSR count). The van der Waals surface area contributed by atoms with Gasteiger partial charge in [0.2, 0.25) is 0 Å². The van der Waals surface area contributed by atoms with E-state index in [1.807, 2.05) is 57.2 Å². The van der Waals surface area contributed by atoms with E-state index in [2.05, 4.69) is 20.8 Å². The second-order valence-electron chi connectivity index (χ2n) is 6.61. The fraction of sp³-hybridized carbons (Fsp3) is 0.300. The van der Waals surface area contributed by atoms with Crippen molar-refractivity contribution in [1.82, 2.24) is 25.5 Å². The Morgan fingerprint density at radius 3 is 2.52 bits per heavy atom. The van der Waals surface area contributed by atoms with Gasteiger partial charge in [0.15, 0.2) is 0 Å². The monoisotopic (exact) mass is 365 g/mol. The van der Waals surface area contributed by atoms with Crippen molar-refractivity contribution in [2.24, 2.45) is 0 Å². The van der Waals surface area contributed by atoms with Gasteiger partial charge in [0.1, 0.15) is 6.33 Å². The third kappa shape index (κ3) is 4.98. The molecule has 0 bridgehead atoms. The molecular weight excluding hydrogens is 342 g/mol. The summed E-state index contributed by atoms with van der Waals surface area (Å²) in [5.74, 6) is -0.117. The fourth-order valence-corrected chi connectivity index (χ4v) is 2.63. The molecule has 2 aromatic carbocycles. The lowest BCUT2D eigenvalue weighted by atomic mass is 10.1. The molecule has 0 aliphatic carbocycles. The lowest BCUT2D eigenvalue weighted by Gasteiger charge is -2.10. The molecule has 1 aromatic heterocycles. The van der Waals surface area contributed by atoms with Crippen LogP contribution in [-0.2, 0) is 17.9 Å². The number of aromatic nitrogens is 4. The smallest absolute Gasteiger partial charge is 0.251 e. The number of tetrazole rings is 1. The van der Waals surface area contributed by atoms with Crippen LogP contribution >= 0.6 is 0 Å². The molecule has 0 aliphatic heterocycles. The molecule has 140 valence electrons. The number of nitrogens with zero attached hydrogens (tertiary/aromatic N) is 4. The van der Waals surface area contributed by atoms with Gasteiger partial charge >= 0.3 is 0 Å². The molecule has 0 fully saturated rings. The Morgan fingerprint density at radius 1 is 1.15 bits per heavy atom. The Morgan fingerprint density at radius 2 is 1.89 bits per heavy atom. The summed E-state index contributed by atoms with van der Waals surface area (Å²) in [7, 11) is 0. The summed E-state index contributed by atoms with van der Waals surface area (Å²) in [6, 6.07) is 13.5. The maximum atomic E-state index is 12.4. The highest BCUT2D eigenvalue weighted by atomic mass is 16.5. The van der Waals surface area contributed by atoms with Crippen LogP contribution in [0.3, 0.4) is 0 Å². The van der Waals surface area contributed by atoms with E-state index in [0.717, 1.165) is 22.4 Å². The van der Waals surface area contributed by atoms with Crippen molar-refractivity contribution in [2.75, 3.05) is 0 Å². The van der Waals surface area contributed by atoms with Gasteiger partial charge in [0, 0.05) is 12.1 Å². The van der Waals surface area contributed by atoms with Crippen molar-refractivity contribution >= 4 is 5.91 Å². The van der Waals surface area contributed by atoms with Crippen LogP contribution in [0.4, 0.5) is 0 Å². The first-order chi connectivity index (χ1) is 13.0. The predicted molar refractivity (Wildman–Crippen MR) is 101 cm³/mol. The normalized spacial score (nSPS) is 11.0. The van der Waals surface area contributed by atoms with Crippen LogP contribution in [0.25, 0.3) is 5.69 Å². The Hall–Kier alpha value is -3.06. The van der Waals surface area contributed by atoms with Crippen molar-refractivity contribution in [3.05, 3.63) is 71.0 Å². The van der Waals surface area contributed by atoms with Crippen molar-refractivity contribution in [2.45, 2.75) is 40.0 Å². The topological polar surface area (TPSA) is 81.9 Å². The molecule has 0 saturated carbocycles. The van der Waals surface area contributed by atoms with Gasteiger partial charge in [-0.25, -0.2) is 4.68 Å². The van der Waals surface area contributed by atoms with E-state index in [9.17, 15) is 4.79 Å². The van der Waals surface area contributed by atoms with E-state index >= 15 is 0 Å².